The number of carbonyl (C=O) groups excluding carboxylic acids is 2. The quantitative estimate of drug-likeness (QED) is 0.667. The Morgan fingerprint density at radius 3 is 2.23 bits per heavy atom. The van der Waals surface area contributed by atoms with E-state index in [1.54, 1.807) is 24.3 Å². The van der Waals surface area contributed by atoms with Crippen LogP contribution >= 0.6 is 0 Å². The average Bonchev–Trinajstić information content (AvgIpc) is 3.65. The van der Waals surface area contributed by atoms with Crippen LogP contribution in [0.2, 0.25) is 0 Å². The first-order valence-electron chi connectivity index (χ1n) is 9.92. The minimum Gasteiger partial charge on any atom is -0.329 e. The largest absolute Gasteiger partial charge is 0.419 e. The molecule has 0 bridgehead atoms. The van der Waals surface area contributed by atoms with Gasteiger partial charge in [0.15, 0.2) is 0 Å². The Balaban J connectivity index is 1.41. The number of nitrogens with one attached hydrogen (secondary N) is 1. The van der Waals surface area contributed by atoms with Gasteiger partial charge in [-0.25, -0.2) is 14.4 Å². The highest BCUT2D eigenvalue weighted by Crippen LogP contribution is 2.49. The van der Waals surface area contributed by atoms with E-state index < -0.39 is 23.3 Å². The van der Waals surface area contributed by atoms with Crippen LogP contribution in [0.15, 0.2) is 36.7 Å². The third-order valence-corrected chi connectivity index (χ3v) is 5.37. The van der Waals surface area contributed by atoms with Crippen molar-refractivity contribution < 1.29 is 27.2 Å². The van der Waals surface area contributed by atoms with E-state index >= 15 is 0 Å². The maximum Gasteiger partial charge on any atom is 0.419 e. The summed E-state index contributed by atoms with van der Waals surface area (Å²) in [5, 5.41) is 2.32. The van der Waals surface area contributed by atoms with Crippen molar-refractivity contribution in [2.45, 2.75) is 37.5 Å². The van der Waals surface area contributed by atoms with Crippen LogP contribution in [0, 0.1) is 5.92 Å². The van der Waals surface area contributed by atoms with Crippen LogP contribution in [0.1, 0.15) is 47.2 Å². The molecule has 4 rings (SSSR count). The second-order valence-electron chi connectivity index (χ2n) is 8.01. The summed E-state index contributed by atoms with van der Waals surface area (Å²) in [4.78, 5) is 33.7. The second kappa shape index (κ2) is 7.90. The maximum atomic E-state index is 14.2. The smallest absolute Gasteiger partial charge is 0.329 e. The van der Waals surface area contributed by atoms with Crippen molar-refractivity contribution in [1.29, 1.82) is 0 Å². The number of rotatable bonds is 7. The molecule has 0 unspecified atom stereocenters. The molecule has 2 aromatic rings. The highest BCUT2D eigenvalue weighted by Gasteiger charge is 2.44. The van der Waals surface area contributed by atoms with Crippen molar-refractivity contribution in [1.82, 2.24) is 14.9 Å². The van der Waals surface area contributed by atoms with Crippen molar-refractivity contribution in [3.63, 3.8) is 0 Å². The summed E-state index contributed by atoms with van der Waals surface area (Å²) in [6.45, 7) is 0.0867. The molecule has 0 saturated heterocycles. The molecule has 1 aromatic heterocycles. The molecular formula is C21H20F4N4O2. The molecule has 2 aliphatic carbocycles. The fraction of sp³-hybridized carbons (Fsp3) is 0.429. The number of nitrogens with zero attached hydrogens (tertiary/aromatic N) is 3. The van der Waals surface area contributed by atoms with Gasteiger partial charge >= 0.3 is 6.18 Å². The van der Waals surface area contributed by atoms with Crippen LogP contribution in [-0.2, 0) is 16.6 Å². The average molecular weight is 436 g/mol. The summed E-state index contributed by atoms with van der Waals surface area (Å²) in [7, 11) is 0. The molecule has 2 aliphatic rings. The Labute approximate surface area is 175 Å². The number of aromatic nitrogens is 2. The molecular weight excluding hydrogens is 416 g/mol. The van der Waals surface area contributed by atoms with Crippen LogP contribution in [0.3, 0.4) is 0 Å². The lowest BCUT2D eigenvalue weighted by atomic mass is 10.1. The number of benzene rings is 1. The van der Waals surface area contributed by atoms with Crippen molar-refractivity contribution in [2.24, 2.45) is 5.92 Å². The fourth-order valence-electron chi connectivity index (χ4n) is 3.20. The van der Waals surface area contributed by atoms with Gasteiger partial charge in [-0.1, -0.05) is 12.1 Å². The lowest BCUT2D eigenvalue weighted by molar-refractivity contribution is -0.138. The van der Waals surface area contributed by atoms with Gasteiger partial charge in [-0.05, 0) is 49.3 Å². The molecule has 1 N–H and O–H groups in total. The van der Waals surface area contributed by atoms with E-state index in [2.05, 4.69) is 15.3 Å². The van der Waals surface area contributed by atoms with Gasteiger partial charge in [0.05, 0.1) is 5.56 Å². The van der Waals surface area contributed by atoms with Crippen LogP contribution < -0.4 is 5.32 Å². The minimum atomic E-state index is -4.58. The lowest BCUT2D eigenvalue weighted by Crippen LogP contribution is -2.39. The standard InChI is InChI=1S/C21H20F4N4O2/c22-20(7-8-20)15-5-3-14(4-6-15)18(31)29(11-13-1-2-13)12-17(30)28-19-26-9-16(10-27-19)21(23,24)25/h3-6,9-10,13H,1-2,7-8,11-12H2,(H,26,27,28,30). The van der Waals surface area contributed by atoms with Crippen LogP contribution in [0.4, 0.5) is 23.5 Å². The van der Waals surface area contributed by atoms with Gasteiger partial charge in [0.25, 0.3) is 5.91 Å². The minimum absolute atomic E-state index is 0.279. The zero-order chi connectivity index (χ0) is 22.2. The Morgan fingerprint density at radius 2 is 1.71 bits per heavy atom. The van der Waals surface area contributed by atoms with E-state index in [-0.39, 0.29) is 18.4 Å². The molecule has 0 atom stereocenters. The number of hydrogen-bond donors (Lipinski definition) is 1. The molecule has 31 heavy (non-hydrogen) atoms. The SMILES string of the molecule is O=C(CN(CC1CC1)C(=O)c1ccc(C2(F)CC2)cc1)Nc1ncc(C(F)(F)F)cn1. The molecule has 0 aliphatic heterocycles. The van der Waals surface area contributed by atoms with E-state index in [1.165, 1.54) is 4.90 Å². The zero-order valence-corrected chi connectivity index (χ0v) is 16.5. The van der Waals surface area contributed by atoms with Crippen molar-refractivity contribution >= 4 is 17.8 Å². The first-order valence-corrected chi connectivity index (χ1v) is 9.92. The molecule has 1 heterocycles. The number of hydrogen-bond acceptors (Lipinski definition) is 4. The van der Waals surface area contributed by atoms with Crippen LogP contribution in [0.25, 0.3) is 0 Å². The Morgan fingerprint density at radius 1 is 1.10 bits per heavy atom. The Bertz CT molecular complexity index is 968. The summed E-state index contributed by atoms with van der Waals surface area (Å²) >= 11 is 0. The predicted octanol–water partition coefficient (Wildman–Crippen LogP) is 3.94. The number of carbonyl (C=O) groups is 2. The summed E-state index contributed by atoms with van der Waals surface area (Å²) in [5.74, 6) is -0.963. The van der Waals surface area contributed by atoms with Gasteiger partial charge in [-0.15, -0.1) is 0 Å². The van der Waals surface area contributed by atoms with Gasteiger partial charge in [-0.2, -0.15) is 13.2 Å². The summed E-state index contributed by atoms with van der Waals surface area (Å²) < 4.78 is 51.9. The molecule has 164 valence electrons. The zero-order valence-electron chi connectivity index (χ0n) is 16.5. The Hall–Kier alpha value is -3.04. The topological polar surface area (TPSA) is 75.2 Å². The predicted molar refractivity (Wildman–Crippen MR) is 103 cm³/mol. The Kier molecular flexibility index (Phi) is 5.40. The maximum absolute atomic E-state index is 14.2. The van der Waals surface area contributed by atoms with Crippen molar-refractivity contribution in [3.05, 3.63) is 53.3 Å². The van der Waals surface area contributed by atoms with E-state index in [9.17, 15) is 27.2 Å². The number of alkyl halides is 4. The lowest BCUT2D eigenvalue weighted by Gasteiger charge is -2.22. The molecule has 0 radical (unpaired) electrons. The number of amides is 2. The van der Waals surface area contributed by atoms with Crippen molar-refractivity contribution in [3.8, 4) is 0 Å². The summed E-state index contributed by atoms with van der Waals surface area (Å²) in [6, 6.07) is 6.28. The first kappa shape index (κ1) is 21.2. The van der Waals surface area contributed by atoms with Gasteiger partial charge < -0.3 is 4.90 Å². The van der Waals surface area contributed by atoms with Crippen molar-refractivity contribution in [2.75, 3.05) is 18.4 Å². The van der Waals surface area contributed by atoms with Gasteiger partial charge in [0.1, 0.15) is 12.2 Å². The molecule has 1 aromatic carbocycles. The molecule has 2 amide bonds. The highest BCUT2D eigenvalue weighted by molar-refractivity contribution is 5.98. The first-order chi connectivity index (χ1) is 14.6. The van der Waals surface area contributed by atoms with Gasteiger partial charge in [-0.3, -0.25) is 14.9 Å². The molecule has 2 saturated carbocycles. The number of anilines is 1. The monoisotopic (exact) mass is 436 g/mol. The third kappa shape index (κ3) is 5.18. The third-order valence-electron chi connectivity index (χ3n) is 5.37. The van der Waals surface area contributed by atoms with Gasteiger partial charge in [0, 0.05) is 24.5 Å². The fourth-order valence-corrected chi connectivity index (χ4v) is 3.20. The van der Waals surface area contributed by atoms with E-state index in [0.717, 1.165) is 12.8 Å². The van der Waals surface area contributed by atoms with Crippen LogP contribution in [0.5, 0.6) is 0 Å². The van der Waals surface area contributed by atoms with E-state index in [1.807, 2.05) is 0 Å². The molecule has 0 spiro atoms. The normalized spacial score (nSPS) is 17.2. The van der Waals surface area contributed by atoms with E-state index in [0.29, 0.717) is 48.8 Å². The van der Waals surface area contributed by atoms with Gasteiger partial charge in [0.2, 0.25) is 11.9 Å². The molecule has 10 heteroatoms. The van der Waals surface area contributed by atoms with Crippen LogP contribution in [-0.4, -0.2) is 39.8 Å². The second-order valence-corrected chi connectivity index (χ2v) is 8.01. The van der Waals surface area contributed by atoms with E-state index in [4.69, 9.17) is 0 Å². The summed E-state index contributed by atoms with van der Waals surface area (Å²) in [6.07, 6.45) is -0.565. The highest BCUT2D eigenvalue weighted by atomic mass is 19.4. The number of halogens is 4. The summed E-state index contributed by atoms with van der Waals surface area (Å²) in [5.41, 5.74) is -1.44. The molecule has 2 fully saturated rings. The molecule has 6 nitrogen and oxygen atoms in total.